The van der Waals surface area contributed by atoms with Crippen molar-refractivity contribution in [3.05, 3.63) is 109 Å². The van der Waals surface area contributed by atoms with Crippen LogP contribution < -0.4 is 0 Å². The van der Waals surface area contributed by atoms with Gasteiger partial charge in [0.1, 0.15) is 13.2 Å². The van der Waals surface area contributed by atoms with Gasteiger partial charge in [-0.2, -0.15) is 0 Å². The fourth-order valence-electron chi connectivity index (χ4n) is 9.00. The Labute approximate surface area is 476 Å². The van der Waals surface area contributed by atoms with E-state index in [4.69, 9.17) is 14.2 Å². The van der Waals surface area contributed by atoms with Crippen LogP contribution in [0.1, 0.15) is 303 Å². The summed E-state index contributed by atoms with van der Waals surface area (Å²) in [6.45, 7) is 6.39. The third-order valence-electron chi connectivity index (χ3n) is 13.8. The number of ether oxygens (including phenoxy) is 3. The van der Waals surface area contributed by atoms with E-state index in [2.05, 4.69) is 130 Å². The smallest absolute Gasteiger partial charge is 0.306 e. The van der Waals surface area contributed by atoms with Crippen molar-refractivity contribution in [3.63, 3.8) is 0 Å². The third-order valence-corrected chi connectivity index (χ3v) is 13.8. The quantitative estimate of drug-likeness (QED) is 0.0261. The predicted octanol–water partition coefficient (Wildman–Crippen LogP) is 22.2. The lowest BCUT2D eigenvalue weighted by Gasteiger charge is -2.18. The minimum atomic E-state index is -0.811. The standard InChI is InChI=1S/C71H120O6/c1-4-7-10-13-16-19-22-25-28-31-33-34-35-36-38-40-43-46-49-52-55-58-61-64-70(73)76-67-68(66-75-69(72)63-60-57-54-51-48-45-42-39-30-27-24-21-18-15-12-9-6-3)77-71(74)65-62-59-56-53-50-47-44-41-37-32-29-26-23-20-17-14-11-8-5-2/h8-9,11-12,17-18,20-21,26-27,29-30,37,41-42,45,51,54,68H,4-7,10,13-16,19,22-25,28,31-36,38-40,43-44,46-50,52-53,55-67H2,1-3H3/b11-8-,12-9-,20-17-,21-18-,29-26-,30-27-,41-37-,45-42-,54-51-. The molecule has 0 spiro atoms. The van der Waals surface area contributed by atoms with Crippen LogP contribution in [0.3, 0.4) is 0 Å². The Hall–Kier alpha value is -3.93. The molecule has 0 radical (unpaired) electrons. The summed E-state index contributed by atoms with van der Waals surface area (Å²) in [6, 6.07) is 0. The van der Waals surface area contributed by atoms with E-state index in [1.54, 1.807) is 0 Å². The van der Waals surface area contributed by atoms with Crippen LogP contribution in [0.5, 0.6) is 0 Å². The fourth-order valence-corrected chi connectivity index (χ4v) is 9.00. The molecule has 0 saturated carbocycles. The van der Waals surface area contributed by atoms with Gasteiger partial charge in [0, 0.05) is 19.3 Å². The summed E-state index contributed by atoms with van der Waals surface area (Å²) < 4.78 is 16.9. The maximum atomic E-state index is 12.9. The number of carbonyl (C=O) groups excluding carboxylic acids is 3. The van der Waals surface area contributed by atoms with Gasteiger partial charge in [-0.25, -0.2) is 0 Å². The second kappa shape index (κ2) is 64.6. The van der Waals surface area contributed by atoms with E-state index in [9.17, 15) is 14.4 Å². The molecular formula is C71H120O6. The van der Waals surface area contributed by atoms with Crippen LogP contribution >= 0.6 is 0 Å². The van der Waals surface area contributed by atoms with E-state index >= 15 is 0 Å². The number of unbranched alkanes of at least 4 members (excludes halogenated alkanes) is 29. The number of allylic oxidation sites excluding steroid dienone is 18. The van der Waals surface area contributed by atoms with Crippen LogP contribution in [0.4, 0.5) is 0 Å². The number of esters is 3. The van der Waals surface area contributed by atoms with Gasteiger partial charge in [0.15, 0.2) is 6.10 Å². The van der Waals surface area contributed by atoms with Crippen LogP contribution in [0.2, 0.25) is 0 Å². The van der Waals surface area contributed by atoms with E-state index in [-0.39, 0.29) is 37.5 Å². The Morgan fingerprint density at radius 1 is 0.273 bits per heavy atom. The minimum absolute atomic E-state index is 0.101. The van der Waals surface area contributed by atoms with E-state index in [1.807, 2.05) is 0 Å². The van der Waals surface area contributed by atoms with Gasteiger partial charge in [-0.1, -0.05) is 297 Å². The zero-order valence-corrected chi connectivity index (χ0v) is 50.4. The van der Waals surface area contributed by atoms with Gasteiger partial charge in [0.05, 0.1) is 0 Å². The lowest BCUT2D eigenvalue weighted by atomic mass is 10.0. The van der Waals surface area contributed by atoms with Crippen molar-refractivity contribution >= 4 is 17.9 Å². The van der Waals surface area contributed by atoms with E-state index in [0.29, 0.717) is 19.3 Å². The molecule has 0 aliphatic heterocycles. The van der Waals surface area contributed by atoms with E-state index in [0.717, 1.165) is 116 Å². The lowest BCUT2D eigenvalue weighted by molar-refractivity contribution is -0.167. The normalized spacial score (nSPS) is 12.8. The highest BCUT2D eigenvalue weighted by atomic mass is 16.6. The summed E-state index contributed by atoms with van der Waals surface area (Å²) in [5, 5.41) is 0. The van der Waals surface area contributed by atoms with Gasteiger partial charge in [0.25, 0.3) is 0 Å². The van der Waals surface area contributed by atoms with Crippen molar-refractivity contribution in [3.8, 4) is 0 Å². The Balaban J connectivity index is 4.43. The third kappa shape index (κ3) is 62.8. The first-order valence-electron chi connectivity index (χ1n) is 32.4. The van der Waals surface area contributed by atoms with Crippen LogP contribution in [-0.2, 0) is 28.6 Å². The molecule has 0 aliphatic rings. The van der Waals surface area contributed by atoms with Crippen molar-refractivity contribution in [2.45, 2.75) is 309 Å². The van der Waals surface area contributed by atoms with Gasteiger partial charge in [0.2, 0.25) is 0 Å². The Bertz CT molecular complexity index is 1560. The second-order valence-corrected chi connectivity index (χ2v) is 21.3. The molecule has 0 heterocycles. The molecule has 0 aromatic heterocycles. The van der Waals surface area contributed by atoms with Crippen LogP contribution in [-0.4, -0.2) is 37.2 Å². The van der Waals surface area contributed by atoms with E-state index < -0.39 is 6.10 Å². The molecule has 77 heavy (non-hydrogen) atoms. The zero-order valence-electron chi connectivity index (χ0n) is 50.4. The molecule has 0 aromatic carbocycles. The summed E-state index contributed by atoms with van der Waals surface area (Å²) in [7, 11) is 0. The molecule has 0 fully saturated rings. The van der Waals surface area contributed by atoms with Gasteiger partial charge < -0.3 is 14.2 Å². The molecule has 0 aliphatic carbocycles. The summed E-state index contributed by atoms with van der Waals surface area (Å²) in [5.74, 6) is -0.966. The number of hydrogen-bond donors (Lipinski definition) is 0. The molecule has 0 saturated heterocycles. The van der Waals surface area contributed by atoms with Crippen molar-refractivity contribution in [1.29, 1.82) is 0 Å². The van der Waals surface area contributed by atoms with Crippen LogP contribution in [0.25, 0.3) is 0 Å². The van der Waals surface area contributed by atoms with Crippen molar-refractivity contribution in [2.75, 3.05) is 13.2 Å². The first-order chi connectivity index (χ1) is 38.0. The average Bonchev–Trinajstić information content (AvgIpc) is 3.43. The topological polar surface area (TPSA) is 78.9 Å². The molecule has 440 valence electrons. The van der Waals surface area contributed by atoms with Crippen molar-refractivity contribution in [2.24, 2.45) is 0 Å². The zero-order chi connectivity index (χ0) is 55.7. The van der Waals surface area contributed by atoms with Crippen molar-refractivity contribution < 1.29 is 28.6 Å². The molecular weight excluding hydrogens is 949 g/mol. The largest absolute Gasteiger partial charge is 0.462 e. The summed E-state index contributed by atoms with van der Waals surface area (Å²) >= 11 is 0. The van der Waals surface area contributed by atoms with Crippen molar-refractivity contribution in [1.82, 2.24) is 0 Å². The molecule has 6 heteroatoms. The van der Waals surface area contributed by atoms with E-state index in [1.165, 1.54) is 141 Å². The molecule has 0 bridgehead atoms. The Kier molecular flexibility index (Phi) is 61.3. The first-order valence-corrected chi connectivity index (χ1v) is 32.4. The maximum Gasteiger partial charge on any atom is 0.306 e. The summed E-state index contributed by atoms with van der Waals surface area (Å²) in [6.07, 6.45) is 88.2. The molecule has 0 rings (SSSR count). The molecule has 6 nitrogen and oxygen atoms in total. The SMILES string of the molecule is CC/C=C\C/C=C\C/C=C\C/C=C\C/C=C\CCCC(=O)OCC(COC(=O)CCCCCCCCCCCCCCCCCCCCCCCCC)OC(=O)CCCCCCCC/C=C\C/C=C\C/C=C\C/C=C\CC. The predicted molar refractivity (Wildman–Crippen MR) is 334 cm³/mol. The van der Waals surface area contributed by atoms with Gasteiger partial charge in [-0.3, -0.25) is 14.4 Å². The van der Waals surface area contributed by atoms with Gasteiger partial charge in [-0.05, 0) is 96.3 Å². The number of rotatable bonds is 58. The first kappa shape index (κ1) is 73.1. The monoisotopic (exact) mass is 1070 g/mol. The molecule has 1 atom stereocenters. The average molecular weight is 1070 g/mol. The molecule has 0 N–H and O–H groups in total. The fraction of sp³-hybridized carbons (Fsp3) is 0.704. The molecule has 0 aromatic rings. The lowest BCUT2D eigenvalue weighted by Crippen LogP contribution is -2.30. The van der Waals surface area contributed by atoms with Crippen LogP contribution in [0, 0.1) is 0 Å². The minimum Gasteiger partial charge on any atom is -0.462 e. The number of carbonyl (C=O) groups is 3. The summed E-state index contributed by atoms with van der Waals surface area (Å²) in [5.41, 5.74) is 0. The highest BCUT2D eigenvalue weighted by molar-refractivity contribution is 5.71. The van der Waals surface area contributed by atoms with Gasteiger partial charge in [-0.15, -0.1) is 0 Å². The molecule has 1 unspecified atom stereocenters. The highest BCUT2D eigenvalue weighted by Crippen LogP contribution is 2.17. The van der Waals surface area contributed by atoms with Gasteiger partial charge >= 0.3 is 17.9 Å². The van der Waals surface area contributed by atoms with Crippen LogP contribution in [0.15, 0.2) is 109 Å². The molecule has 0 amide bonds. The maximum absolute atomic E-state index is 12.9. The highest BCUT2D eigenvalue weighted by Gasteiger charge is 2.19. The number of hydrogen-bond acceptors (Lipinski definition) is 6. The summed E-state index contributed by atoms with van der Waals surface area (Å²) in [4.78, 5) is 38.3. The Morgan fingerprint density at radius 3 is 0.844 bits per heavy atom. The second-order valence-electron chi connectivity index (χ2n) is 21.3. The Morgan fingerprint density at radius 2 is 0.519 bits per heavy atom.